The molecule has 4 rings (SSSR count). The molecule has 1 atom stereocenters. The van der Waals surface area contributed by atoms with E-state index in [1.807, 2.05) is 11.8 Å². The van der Waals surface area contributed by atoms with E-state index in [9.17, 15) is 0 Å². The summed E-state index contributed by atoms with van der Waals surface area (Å²) in [6.07, 6.45) is -0.109. The van der Waals surface area contributed by atoms with Gasteiger partial charge in [0.25, 0.3) is 0 Å². The Morgan fingerprint density at radius 3 is 2.63 bits per heavy atom. The molecule has 2 nitrogen and oxygen atoms in total. The third-order valence-electron chi connectivity index (χ3n) is 4.74. The molecule has 0 saturated heterocycles. The molecule has 0 amide bonds. The Morgan fingerprint density at radius 2 is 1.78 bits per heavy atom. The van der Waals surface area contributed by atoms with Crippen molar-refractivity contribution in [2.24, 2.45) is 0 Å². The Kier molecular flexibility index (Phi) is 5.58. The van der Waals surface area contributed by atoms with Crippen LogP contribution in [0.25, 0.3) is 0 Å². The molecule has 138 valence electrons. The van der Waals surface area contributed by atoms with Crippen molar-refractivity contribution in [1.82, 2.24) is 0 Å². The summed E-state index contributed by atoms with van der Waals surface area (Å²) in [6.45, 7) is 0.935. The maximum absolute atomic E-state index is 6.73. The fraction of sp³-hybridized carbons (Fsp3) is 0.217. The zero-order chi connectivity index (χ0) is 18.8. The number of nitrogens with one attached hydrogen (secondary N) is 1. The second-order valence-electron chi connectivity index (χ2n) is 7.16. The topological polar surface area (TPSA) is 13.7 Å². The fourth-order valence-corrected chi connectivity index (χ4v) is 4.95. The van der Waals surface area contributed by atoms with Crippen LogP contribution in [0.4, 0.5) is 0 Å². The second kappa shape index (κ2) is 8.09. The number of halogens is 1. The third kappa shape index (κ3) is 4.08. The SMILES string of the molecule is C[NH+](C)Cc1ccccc1O[C@@H]1c2ccccc2CSc2ccc(Br)cc21. The van der Waals surface area contributed by atoms with Crippen LogP contribution in [0.5, 0.6) is 5.75 Å². The highest BCUT2D eigenvalue weighted by Gasteiger charge is 2.26. The minimum Gasteiger partial charge on any atom is -0.480 e. The van der Waals surface area contributed by atoms with Gasteiger partial charge in [-0.05, 0) is 35.9 Å². The van der Waals surface area contributed by atoms with Crippen LogP contribution < -0.4 is 9.64 Å². The molecule has 0 bridgehead atoms. The van der Waals surface area contributed by atoms with Gasteiger partial charge in [-0.3, -0.25) is 0 Å². The highest BCUT2D eigenvalue weighted by atomic mass is 79.9. The minimum absolute atomic E-state index is 0.109. The first-order valence-corrected chi connectivity index (χ1v) is 10.9. The van der Waals surface area contributed by atoms with Gasteiger partial charge in [-0.2, -0.15) is 0 Å². The van der Waals surface area contributed by atoms with Gasteiger partial charge in [-0.1, -0.05) is 52.3 Å². The smallest absolute Gasteiger partial charge is 0.150 e. The Hall–Kier alpha value is -1.75. The van der Waals surface area contributed by atoms with Crippen LogP contribution in [0.3, 0.4) is 0 Å². The molecule has 0 fully saturated rings. The van der Waals surface area contributed by atoms with E-state index in [0.717, 1.165) is 22.5 Å². The van der Waals surface area contributed by atoms with Crippen molar-refractivity contribution in [3.63, 3.8) is 0 Å². The summed E-state index contributed by atoms with van der Waals surface area (Å²) in [6, 6.07) is 23.6. The van der Waals surface area contributed by atoms with Crippen LogP contribution >= 0.6 is 27.7 Å². The number of fused-ring (bicyclic) bond motifs is 2. The lowest BCUT2D eigenvalue weighted by Gasteiger charge is -2.23. The van der Waals surface area contributed by atoms with Crippen LogP contribution in [0.1, 0.15) is 28.4 Å². The lowest BCUT2D eigenvalue weighted by molar-refractivity contribution is -0.872. The number of quaternary nitrogens is 1. The quantitative estimate of drug-likeness (QED) is 0.621. The average molecular weight is 441 g/mol. The third-order valence-corrected chi connectivity index (χ3v) is 6.37. The number of hydrogen-bond donors (Lipinski definition) is 1. The number of thioether (sulfide) groups is 1. The van der Waals surface area contributed by atoms with Gasteiger partial charge in [0.15, 0.2) is 6.10 Å². The van der Waals surface area contributed by atoms with Crippen molar-refractivity contribution in [2.45, 2.75) is 23.3 Å². The summed E-state index contributed by atoms with van der Waals surface area (Å²) in [5, 5.41) is 0. The molecule has 0 aromatic heterocycles. The van der Waals surface area contributed by atoms with Crippen LogP contribution in [0.15, 0.2) is 76.1 Å². The second-order valence-corrected chi connectivity index (χ2v) is 9.09. The van der Waals surface area contributed by atoms with Crippen LogP contribution in [-0.2, 0) is 12.3 Å². The predicted molar refractivity (Wildman–Crippen MR) is 116 cm³/mol. The summed E-state index contributed by atoms with van der Waals surface area (Å²) < 4.78 is 7.81. The van der Waals surface area contributed by atoms with E-state index < -0.39 is 0 Å². The first kappa shape index (κ1) is 18.6. The zero-order valence-electron chi connectivity index (χ0n) is 15.5. The number of ether oxygens (including phenoxy) is 1. The zero-order valence-corrected chi connectivity index (χ0v) is 17.9. The van der Waals surface area contributed by atoms with Gasteiger partial charge in [0.2, 0.25) is 0 Å². The Labute approximate surface area is 173 Å². The monoisotopic (exact) mass is 440 g/mol. The summed E-state index contributed by atoms with van der Waals surface area (Å²) in [5.41, 5.74) is 5.07. The molecule has 0 saturated carbocycles. The van der Waals surface area contributed by atoms with E-state index in [1.54, 1.807) is 0 Å². The molecule has 4 heteroatoms. The van der Waals surface area contributed by atoms with Gasteiger partial charge in [0.1, 0.15) is 12.3 Å². The molecule has 1 aliphatic rings. The molecule has 1 heterocycles. The normalized spacial score (nSPS) is 15.8. The lowest BCUT2D eigenvalue weighted by Crippen LogP contribution is -3.04. The number of benzene rings is 3. The highest BCUT2D eigenvalue weighted by Crippen LogP contribution is 2.42. The van der Waals surface area contributed by atoms with Crippen LogP contribution in [0, 0.1) is 0 Å². The number of rotatable bonds is 4. The maximum Gasteiger partial charge on any atom is 0.150 e. The van der Waals surface area contributed by atoms with E-state index >= 15 is 0 Å². The molecular weight excluding hydrogens is 418 g/mol. The Bertz CT molecular complexity index is 957. The predicted octanol–water partition coefficient (Wildman–Crippen LogP) is 4.87. The lowest BCUT2D eigenvalue weighted by atomic mass is 9.97. The highest BCUT2D eigenvalue weighted by molar-refractivity contribution is 9.10. The molecule has 0 spiro atoms. The molecule has 27 heavy (non-hydrogen) atoms. The van der Waals surface area contributed by atoms with Crippen molar-refractivity contribution in [2.75, 3.05) is 14.1 Å². The fourth-order valence-electron chi connectivity index (χ4n) is 3.50. The van der Waals surface area contributed by atoms with E-state index in [-0.39, 0.29) is 6.10 Å². The first-order chi connectivity index (χ1) is 13.1. The molecule has 0 aliphatic carbocycles. The molecule has 1 aliphatic heterocycles. The van der Waals surface area contributed by atoms with E-state index in [1.165, 1.54) is 32.0 Å². The van der Waals surface area contributed by atoms with Crippen molar-refractivity contribution in [1.29, 1.82) is 0 Å². The standard InChI is InChI=1S/C23H22BrNOS/c1-25(2)14-16-7-4-6-10-21(16)26-23-19-9-5-3-8-17(19)15-27-22-12-11-18(24)13-20(22)23/h3-13,23H,14-15H2,1-2H3/p+1/t23-/m1/s1. The number of para-hydroxylation sites is 1. The van der Waals surface area contributed by atoms with Gasteiger partial charge in [0, 0.05) is 31.8 Å². The van der Waals surface area contributed by atoms with E-state index in [0.29, 0.717) is 0 Å². The van der Waals surface area contributed by atoms with Crippen molar-refractivity contribution >= 4 is 27.7 Å². The van der Waals surface area contributed by atoms with E-state index in [4.69, 9.17) is 4.74 Å². The molecular formula is C23H23BrNOS+. The molecule has 1 N–H and O–H groups in total. The van der Waals surface area contributed by atoms with Crippen molar-refractivity contribution in [3.05, 3.63) is 93.5 Å². The summed E-state index contributed by atoms with van der Waals surface area (Å²) in [5.74, 6) is 1.94. The largest absolute Gasteiger partial charge is 0.480 e. The summed E-state index contributed by atoms with van der Waals surface area (Å²) >= 11 is 5.53. The van der Waals surface area contributed by atoms with E-state index in [2.05, 4.69) is 96.8 Å². The molecule has 0 radical (unpaired) electrons. The Balaban J connectivity index is 1.82. The molecule has 3 aromatic carbocycles. The van der Waals surface area contributed by atoms with Gasteiger partial charge < -0.3 is 9.64 Å². The van der Waals surface area contributed by atoms with Crippen molar-refractivity contribution in [3.8, 4) is 5.75 Å². The molecule has 3 aromatic rings. The van der Waals surface area contributed by atoms with Gasteiger partial charge in [-0.25, -0.2) is 0 Å². The van der Waals surface area contributed by atoms with Crippen molar-refractivity contribution < 1.29 is 9.64 Å². The Morgan fingerprint density at radius 1 is 1.00 bits per heavy atom. The van der Waals surface area contributed by atoms with Crippen LogP contribution in [0.2, 0.25) is 0 Å². The van der Waals surface area contributed by atoms with Gasteiger partial charge >= 0.3 is 0 Å². The van der Waals surface area contributed by atoms with Gasteiger partial charge in [-0.15, -0.1) is 11.8 Å². The molecule has 0 unspecified atom stereocenters. The number of hydrogen-bond acceptors (Lipinski definition) is 2. The summed E-state index contributed by atoms with van der Waals surface area (Å²) in [4.78, 5) is 2.67. The van der Waals surface area contributed by atoms with Crippen LogP contribution in [-0.4, -0.2) is 14.1 Å². The summed E-state index contributed by atoms with van der Waals surface area (Å²) in [7, 11) is 4.33. The first-order valence-electron chi connectivity index (χ1n) is 9.15. The maximum atomic E-state index is 6.73. The minimum atomic E-state index is -0.109. The van der Waals surface area contributed by atoms with Gasteiger partial charge in [0.05, 0.1) is 14.1 Å². The average Bonchev–Trinajstić information content (AvgIpc) is 2.80.